The van der Waals surface area contributed by atoms with Crippen molar-refractivity contribution in [1.82, 2.24) is 4.90 Å². The standard InChI is InChI=1S/C24H29NO5/c1-17(26)29-16-21-13-19(11-12-23(21)30-18(2)27)14-25(24(3,4)5)15-22(28)20-9-7-6-8-10-20/h6-13H,14-16H2,1-5H3. The molecule has 0 atom stereocenters. The van der Waals surface area contributed by atoms with Crippen molar-refractivity contribution in [3.63, 3.8) is 0 Å². The third-order valence-electron chi connectivity index (χ3n) is 4.56. The summed E-state index contributed by atoms with van der Waals surface area (Å²) in [7, 11) is 0. The fraction of sp³-hybridized carbons (Fsp3) is 0.375. The van der Waals surface area contributed by atoms with Gasteiger partial charge in [-0.3, -0.25) is 19.3 Å². The second-order valence-electron chi connectivity index (χ2n) is 8.13. The minimum Gasteiger partial charge on any atom is -0.461 e. The van der Waals surface area contributed by atoms with Crippen LogP contribution in [0.5, 0.6) is 5.75 Å². The van der Waals surface area contributed by atoms with Crippen LogP contribution in [0.2, 0.25) is 0 Å². The van der Waals surface area contributed by atoms with Gasteiger partial charge in [0, 0.05) is 37.1 Å². The maximum atomic E-state index is 12.8. The minimum atomic E-state index is -0.448. The quantitative estimate of drug-likeness (QED) is 0.369. The van der Waals surface area contributed by atoms with E-state index in [2.05, 4.69) is 25.7 Å². The Bertz CT molecular complexity index is 900. The van der Waals surface area contributed by atoms with Crippen molar-refractivity contribution < 1.29 is 23.9 Å². The first-order valence-corrected chi connectivity index (χ1v) is 9.83. The Morgan fingerprint density at radius 3 is 2.17 bits per heavy atom. The van der Waals surface area contributed by atoms with Gasteiger partial charge in [0.1, 0.15) is 12.4 Å². The SMILES string of the molecule is CC(=O)OCc1cc(CN(CC(=O)c2ccccc2)C(C)(C)C)ccc1OC(C)=O. The average Bonchev–Trinajstić information content (AvgIpc) is 2.66. The summed E-state index contributed by atoms with van der Waals surface area (Å²) in [6.45, 7) is 9.58. The Labute approximate surface area is 177 Å². The highest BCUT2D eigenvalue weighted by atomic mass is 16.5. The second-order valence-corrected chi connectivity index (χ2v) is 8.13. The molecular formula is C24H29NO5. The van der Waals surface area contributed by atoms with Crippen LogP contribution in [0.25, 0.3) is 0 Å². The molecule has 6 nitrogen and oxygen atoms in total. The van der Waals surface area contributed by atoms with Gasteiger partial charge in [-0.15, -0.1) is 0 Å². The van der Waals surface area contributed by atoms with E-state index in [-0.39, 0.29) is 24.5 Å². The van der Waals surface area contributed by atoms with Gasteiger partial charge in [-0.25, -0.2) is 0 Å². The number of hydrogen-bond donors (Lipinski definition) is 0. The molecular weight excluding hydrogens is 382 g/mol. The molecule has 0 unspecified atom stereocenters. The molecule has 30 heavy (non-hydrogen) atoms. The number of nitrogens with zero attached hydrogens (tertiary/aromatic N) is 1. The maximum Gasteiger partial charge on any atom is 0.308 e. The summed E-state index contributed by atoms with van der Waals surface area (Å²) in [5.41, 5.74) is 1.94. The van der Waals surface area contributed by atoms with Gasteiger partial charge < -0.3 is 9.47 Å². The predicted molar refractivity (Wildman–Crippen MR) is 114 cm³/mol. The number of benzene rings is 2. The number of rotatable bonds is 8. The Morgan fingerprint density at radius 2 is 1.60 bits per heavy atom. The van der Waals surface area contributed by atoms with Crippen LogP contribution in [0.15, 0.2) is 48.5 Å². The topological polar surface area (TPSA) is 72.9 Å². The summed E-state index contributed by atoms with van der Waals surface area (Å²) >= 11 is 0. The fourth-order valence-corrected chi connectivity index (χ4v) is 2.92. The largest absolute Gasteiger partial charge is 0.461 e. The Balaban J connectivity index is 2.25. The molecule has 0 saturated carbocycles. The molecule has 0 amide bonds. The van der Waals surface area contributed by atoms with Gasteiger partial charge in [-0.2, -0.15) is 0 Å². The van der Waals surface area contributed by atoms with Crippen LogP contribution in [0.1, 0.15) is 56.1 Å². The highest BCUT2D eigenvalue weighted by Crippen LogP contribution is 2.25. The van der Waals surface area contributed by atoms with E-state index in [1.54, 1.807) is 6.07 Å². The molecule has 0 bridgehead atoms. The van der Waals surface area contributed by atoms with Crippen molar-refractivity contribution in [3.05, 3.63) is 65.2 Å². The number of Topliss-reactive ketones (excluding diaryl/α,β-unsaturated/α-hetero) is 1. The third-order valence-corrected chi connectivity index (χ3v) is 4.56. The molecule has 0 aliphatic rings. The average molecular weight is 411 g/mol. The molecule has 0 heterocycles. The van der Waals surface area contributed by atoms with Crippen molar-refractivity contribution in [2.45, 2.75) is 53.3 Å². The van der Waals surface area contributed by atoms with E-state index >= 15 is 0 Å². The molecule has 2 aromatic rings. The fourth-order valence-electron chi connectivity index (χ4n) is 2.92. The zero-order valence-corrected chi connectivity index (χ0v) is 18.2. The number of ether oxygens (including phenoxy) is 2. The minimum absolute atomic E-state index is 0.00422. The number of ketones is 1. The zero-order valence-electron chi connectivity index (χ0n) is 18.2. The van der Waals surface area contributed by atoms with E-state index in [9.17, 15) is 14.4 Å². The van der Waals surface area contributed by atoms with Crippen molar-refractivity contribution in [1.29, 1.82) is 0 Å². The molecule has 160 valence electrons. The van der Waals surface area contributed by atoms with Gasteiger partial charge in [0.25, 0.3) is 0 Å². The molecule has 0 aliphatic carbocycles. The Morgan fingerprint density at radius 1 is 0.933 bits per heavy atom. The number of carbonyl (C=O) groups excluding carboxylic acids is 3. The van der Waals surface area contributed by atoms with Crippen molar-refractivity contribution in [2.75, 3.05) is 6.54 Å². The Hall–Kier alpha value is -2.99. The van der Waals surface area contributed by atoms with Gasteiger partial charge in [-0.05, 0) is 38.5 Å². The lowest BCUT2D eigenvalue weighted by Crippen LogP contribution is -2.43. The highest BCUT2D eigenvalue weighted by molar-refractivity contribution is 5.97. The first-order valence-electron chi connectivity index (χ1n) is 9.83. The van der Waals surface area contributed by atoms with Crippen molar-refractivity contribution >= 4 is 17.7 Å². The van der Waals surface area contributed by atoms with Gasteiger partial charge >= 0.3 is 11.9 Å². The molecule has 0 aliphatic heterocycles. The Kier molecular flexibility index (Phi) is 7.89. The van der Waals surface area contributed by atoms with Crippen molar-refractivity contribution in [3.8, 4) is 5.75 Å². The normalized spacial score (nSPS) is 11.3. The molecule has 6 heteroatoms. The van der Waals surface area contributed by atoms with Crippen LogP contribution in [0, 0.1) is 0 Å². The summed E-state index contributed by atoms with van der Waals surface area (Å²) in [6.07, 6.45) is 0. The van der Waals surface area contributed by atoms with E-state index in [0.717, 1.165) is 5.56 Å². The van der Waals surface area contributed by atoms with Crippen LogP contribution < -0.4 is 4.74 Å². The lowest BCUT2D eigenvalue weighted by atomic mass is 10.0. The number of hydrogen-bond acceptors (Lipinski definition) is 6. The summed E-state index contributed by atoms with van der Waals surface area (Å²) in [5, 5.41) is 0. The predicted octanol–water partition coefficient (Wildman–Crippen LogP) is 4.16. The second kappa shape index (κ2) is 10.2. The van der Waals surface area contributed by atoms with E-state index in [1.165, 1.54) is 13.8 Å². The maximum absolute atomic E-state index is 12.8. The lowest BCUT2D eigenvalue weighted by Gasteiger charge is -2.35. The number of esters is 2. The molecule has 0 spiro atoms. The van der Waals surface area contributed by atoms with Crippen LogP contribution in [-0.2, 0) is 27.5 Å². The van der Waals surface area contributed by atoms with Crippen LogP contribution in [0.3, 0.4) is 0 Å². The van der Waals surface area contributed by atoms with Crippen LogP contribution in [0.4, 0.5) is 0 Å². The first kappa shape index (κ1) is 23.3. The van der Waals surface area contributed by atoms with Gasteiger partial charge in [0.05, 0.1) is 6.54 Å². The third kappa shape index (κ3) is 7.12. The molecule has 0 radical (unpaired) electrons. The van der Waals surface area contributed by atoms with Gasteiger partial charge in [0.15, 0.2) is 5.78 Å². The van der Waals surface area contributed by atoms with E-state index < -0.39 is 11.9 Å². The first-order chi connectivity index (χ1) is 14.1. The highest BCUT2D eigenvalue weighted by Gasteiger charge is 2.25. The van der Waals surface area contributed by atoms with E-state index in [0.29, 0.717) is 23.4 Å². The van der Waals surface area contributed by atoms with Crippen LogP contribution >= 0.6 is 0 Å². The summed E-state index contributed by atoms with van der Waals surface area (Å²) in [6, 6.07) is 14.6. The molecule has 2 rings (SSSR count). The summed E-state index contributed by atoms with van der Waals surface area (Å²) in [5.74, 6) is -0.465. The molecule has 0 fully saturated rings. The lowest BCUT2D eigenvalue weighted by molar-refractivity contribution is -0.142. The summed E-state index contributed by atoms with van der Waals surface area (Å²) < 4.78 is 10.3. The van der Waals surface area contributed by atoms with E-state index in [1.807, 2.05) is 42.5 Å². The van der Waals surface area contributed by atoms with E-state index in [4.69, 9.17) is 9.47 Å². The monoisotopic (exact) mass is 411 g/mol. The molecule has 0 saturated heterocycles. The molecule has 0 aromatic heterocycles. The van der Waals surface area contributed by atoms with Crippen LogP contribution in [-0.4, -0.2) is 34.7 Å². The molecule has 2 aromatic carbocycles. The summed E-state index contributed by atoms with van der Waals surface area (Å²) in [4.78, 5) is 37.4. The zero-order chi connectivity index (χ0) is 22.3. The van der Waals surface area contributed by atoms with Crippen molar-refractivity contribution in [2.24, 2.45) is 0 Å². The smallest absolute Gasteiger partial charge is 0.308 e. The number of carbonyl (C=O) groups is 3. The van der Waals surface area contributed by atoms with Gasteiger partial charge in [-0.1, -0.05) is 36.4 Å². The van der Waals surface area contributed by atoms with Gasteiger partial charge in [0.2, 0.25) is 0 Å². The molecule has 0 N–H and O–H groups in total.